The van der Waals surface area contributed by atoms with Crippen molar-refractivity contribution in [3.8, 4) is 0 Å². The summed E-state index contributed by atoms with van der Waals surface area (Å²) in [6.07, 6.45) is 7.76. The summed E-state index contributed by atoms with van der Waals surface area (Å²) in [4.78, 5) is 32.9. The minimum Gasteiger partial charge on any atom is -0.349 e. The number of Topliss-reactive ketones (excluding diaryl/α,β-unsaturated/α-hetero) is 1. The van der Waals surface area contributed by atoms with Crippen molar-refractivity contribution >= 4 is 22.6 Å². The van der Waals surface area contributed by atoms with Gasteiger partial charge in [0, 0.05) is 47.3 Å². The van der Waals surface area contributed by atoms with Crippen LogP contribution in [0.15, 0.2) is 42.5 Å². The fraction of sp³-hybridized carbons (Fsp3) is 0.500. The number of ketones is 1. The number of nitrogens with one attached hydrogen (secondary N) is 1. The molecule has 1 saturated carbocycles. The molecule has 0 radical (unpaired) electrons. The van der Waals surface area contributed by atoms with E-state index in [-0.39, 0.29) is 23.7 Å². The smallest absolute Gasteiger partial charge is 0.252 e. The minimum absolute atomic E-state index is 0.0245. The third-order valence-corrected chi connectivity index (χ3v) is 8.89. The quantitative estimate of drug-likeness (QED) is 0.359. The average Bonchev–Trinajstić information content (AvgIpc) is 3.14. The van der Waals surface area contributed by atoms with Gasteiger partial charge in [0.05, 0.1) is 5.52 Å². The molecule has 1 amide bonds. The SMILES string of the molecule is Cc1ccc2c(C(=O)NC3CCC(CCN4CCc5ccc(C(=O)C(C)C)cc5CC4)CC3)ccc(C)c2n1. The molecule has 1 fully saturated rings. The Kier molecular flexibility index (Phi) is 8.46. The van der Waals surface area contributed by atoms with Crippen LogP contribution in [-0.2, 0) is 12.8 Å². The van der Waals surface area contributed by atoms with Gasteiger partial charge >= 0.3 is 0 Å². The van der Waals surface area contributed by atoms with Crippen LogP contribution in [0.25, 0.3) is 10.9 Å². The second-order valence-electron chi connectivity index (χ2n) is 12.1. The standard InChI is InChI=1S/C34H43N3O2/c1-22(2)33(38)28-10-9-26-16-19-37(20-17-27(26)21-28)18-15-25-7-11-29(12-8-25)36-34(39)31-13-5-23(3)32-30(31)14-6-24(4)35-32/h5-6,9-10,13-14,21-22,25,29H,7-8,11-12,15-20H2,1-4H3,(H,36,39). The second-order valence-corrected chi connectivity index (χ2v) is 12.1. The highest BCUT2D eigenvalue weighted by atomic mass is 16.1. The predicted octanol–water partition coefficient (Wildman–Crippen LogP) is 6.47. The highest BCUT2D eigenvalue weighted by molar-refractivity contribution is 6.07. The fourth-order valence-corrected chi connectivity index (χ4v) is 6.36. The van der Waals surface area contributed by atoms with Crippen LogP contribution < -0.4 is 5.32 Å². The summed E-state index contributed by atoms with van der Waals surface area (Å²) in [5, 5.41) is 4.26. The number of rotatable bonds is 7. The van der Waals surface area contributed by atoms with Crippen molar-refractivity contribution in [1.82, 2.24) is 15.2 Å². The zero-order valence-electron chi connectivity index (χ0n) is 24.1. The van der Waals surface area contributed by atoms with Gasteiger partial charge in [-0.2, -0.15) is 0 Å². The van der Waals surface area contributed by atoms with E-state index < -0.39 is 0 Å². The maximum absolute atomic E-state index is 13.2. The summed E-state index contributed by atoms with van der Waals surface area (Å²) in [5.74, 6) is 1.03. The van der Waals surface area contributed by atoms with Crippen LogP contribution in [0.4, 0.5) is 0 Å². The van der Waals surface area contributed by atoms with E-state index in [0.29, 0.717) is 0 Å². The van der Waals surface area contributed by atoms with Crippen LogP contribution in [0.1, 0.15) is 89.1 Å². The molecule has 3 aromatic rings. The Labute approximate surface area is 233 Å². The Morgan fingerprint density at radius 2 is 1.69 bits per heavy atom. The Morgan fingerprint density at radius 3 is 2.44 bits per heavy atom. The molecule has 0 unspecified atom stereocenters. The Morgan fingerprint density at radius 1 is 0.949 bits per heavy atom. The number of nitrogens with zero attached hydrogens (tertiary/aromatic N) is 2. The first kappa shape index (κ1) is 27.5. The van der Waals surface area contributed by atoms with Gasteiger partial charge < -0.3 is 10.2 Å². The number of amides is 1. The van der Waals surface area contributed by atoms with Crippen LogP contribution in [-0.4, -0.2) is 47.3 Å². The number of hydrogen-bond acceptors (Lipinski definition) is 4. The molecule has 5 nitrogen and oxygen atoms in total. The fourth-order valence-electron chi connectivity index (χ4n) is 6.36. The number of carbonyl (C=O) groups is 2. The van der Waals surface area contributed by atoms with Gasteiger partial charge in [-0.3, -0.25) is 14.6 Å². The van der Waals surface area contributed by atoms with Crippen molar-refractivity contribution < 1.29 is 9.59 Å². The molecule has 1 N–H and O–H groups in total. The molecule has 2 aromatic carbocycles. The Bertz CT molecular complexity index is 1350. The van der Waals surface area contributed by atoms with Crippen LogP contribution in [0.2, 0.25) is 0 Å². The zero-order chi connectivity index (χ0) is 27.5. The molecular weight excluding hydrogens is 482 g/mol. The normalized spacial score (nSPS) is 20.0. The van der Waals surface area contributed by atoms with Crippen molar-refractivity contribution in [2.75, 3.05) is 19.6 Å². The second kappa shape index (κ2) is 12.0. The van der Waals surface area contributed by atoms with Gasteiger partial charge in [0.25, 0.3) is 5.91 Å². The predicted molar refractivity (Wildman–Crippen MR) is 159 cm³/mol. The van der Waals surface area contributed by atoms with Crippen LogP contribution in [0, 0.1) is 25.7 Å². The third kappa shape index (κ3) is 6.41. The van der Waals surface area contributed by atoms with Gasteiger partial charge in [-0.1, -0.05) is 38.1 Å². The molecule has 206 valence electrons. The lowest BCUT2D eigenvalue weighted by Gasteiger charge is -2.31. The molecule has 5 heteroatoms. The number of carbonyl (C=O) groups excluding carboxylic acids is 2. The summed E-state index contributed by atoms with van der Waals surface area (Å²) in [6.45, 7) is 11.3. The maximum Gasteiger partial charge on any atom is 0.252 e. The van der Waals surface area contributed by atoms with E-state index >= 15 is 0 Å². The molecule has 0 atom stereocenters. The molecule has 2 heterocycles. The lowest BCUT2D eigenvalue weighted by atomic mass is 9.84. The number of benzene rings is 2. The maximum atomic E-state index is 13.2. The van der Waals surface area contributed by atoms with Gasteiger partial charge in [-0.25, -0.2) is 0 Å². The van der Waals surface area contributed by atoms with Crippen LogP contribution in [0.3, 0.4) is 0 Å². The summed E-state index contributed by atoms with van der Waals surface area (Å²) in [7, 11) is 0. The number of hydrogen-bond donors (Lipinski definition) is 1. The Hall–Kier alpha value is -3.05. The molecule has 1 aromatic heterocycles. The number of fused-ring (bicyclic) bond motifs is 2. The molecule has 0 spiro atoms. The van der Waals surface area contributed by atoms with Crippen molar-refractivity contribution in [3.63, 3.8) is 0 Å². The average molecular weight is 526 g/mol. The third-order valence-electron chi connectivity index (χ3n) is 8.89. The van der Waals surface area contributed by atoms with E-state index in [0.717, 1.165) is 84.5 Å². The van der Waals surface area contributed by atoms with Gasteiger partial charge in [0.15, 0.2) is 5.78 Å². The molecule has 5 rings (SSSR count). The van der Waals surface area contributed by atoms with E-state index in [1.165, 1.54) is 30.4 Å². The molecule has 0 bridgehead atoms. The molecule has 1 aliphatic carbocycles. The lowest BCUT2D eigenvalue weighted by Crippen LogP contribution is -2.38. The van der Waals surface area contributed by atoms with Gasteiger partial charge in [-0.15, -0.1) is 0 Å². The van der Waals surface area contributed by atoms with Crippen LogP contribution in [0.5, 0.6) is 0 Å². The first-order valence-electron chi connectivity index (χ1n) is 14.8. The summed E-state index contributed by atoms with van der Waals surface area (Å²) in [6, 6.07) is 14.6. The number of aryl methyl sites for hydroxylation is 2. The van der Waals surface area contributed by atoms with E-state index in [9.17, 15) is 9.59 Å². The lowest BCUT2D eigenvalue weighted by molar-refractivity contribution is 0.0918. The van der Waals surface area contributed by atoms with Gasteiger partial charge in [-0.05, 0) is 106 Å². The molecule has 1 aliphatic heterocycles. The highest BCUT2D eigenvalue weighted by Gasteiger charge is 2.25. The summed E-state index contributed by atoms with van der Waals surface area (Å²) in [5.41, 5.74) is 7.35. The summed E-state index contributed by atoms with van der Waals surface area (Å²) < 4.78 is 0. The first-order valence-corrected chi connectivity index (χ1v) is 14.8. The molecule has 2 aliphatic rings. The zero-order valence-corrected chi connectivity index (χ0v) is 24.1. The van der Waals surface area contributed by atoms with E-state index in [4.69, 9.17) is 0 Å². The minimum atomic E-state index is 0.0245. The van der Waals surface area contributed by atoms with Crippen molar-refractivity contribution in [3.05, 3.63) is 76.0 Å². The van der Waals surface area contributed by atoms with E-state index in [1.807, 2.05) is 58.0 Å². The first-order chi connectivity index (χ1) is 18.8. The van der Waals surface area contributed by atoms with E-state index in [2.05, 4.69) is 27.3 Å². The molecule has 39 heavy (non-hydrogen) atoms. The topological polar surface area (TPSA) is 62.3 Å². The molecular formula is C34H43N3O2. The number of aromatic nitrogens is 1. The van der Waals surface area contributed by atoms with Gasteiger partial charge in [0.1, 0.15) is 0 Å². The van der Waals surface area contributed by atoms with Crippen molar-refractivity contribution in [2.24, 2.45) is 11.8 Å². The van der Waals surface area contributed by atoms with Gasteiger partial charge in [0.2, 0.25) is 0 Å². The molecule has 0 saturated heterocycles. The Balaban J connectivity index is 1.09. The highest BCUT2D eigenvalue weighted by Crippen LogP contribution is 2.29. The van der Waals surface area contributed by atoms with Crippen molar-refractivity contribution in [1.29, 1.82) is 0 Å². The summed E-state index contributed by atoms with van der Waals surface area (Å²) >= 11 is 0. The van der Waals surface area contributed by atoms with Crippen molar-refractivity contribution in [2.45, 2.75) is 78.7 Å². The van der Waals surface area contributed by atoms with E-state index in [1.54, 1.807) is 0 Å². The largest absolute Gasteiger partial charge is 0.349 e. The van der Waals surface area contributed by atoms with Crippen LogP contribution >= 0.6 is 0 Å². The monoisotopic (exact) mass is 525 g/mol. The number of pyridine rings is 1.